The number of likely N-dealkylation sites (tertiary alicyclic amines) is 1. The highest BCUT2D eigenvalue weighted by atomic mass is 127. The summed E-state index contributed by atoms with van der Waals surface area (Å²) in [6, 6.07) is 4.95. The van der Waals surface area contributed by atoms with Crippen molar-refractivity contribution >= 4 is 49.7 Å². The van der Waals surface area contributed by atoms with Gasteiger partial charge in [0.05, 0.1) is 25.7 Å². The third-order valence-electron chi connectivity index (χ3n) is 4.23. The number of thiophene rings is 1. The highest BCUT2D eigenvalue weighted by molar-refractivity contribution is 14.1. The van der Waals surface area contributed by atoms with E-state index in [0.29, 0.717) is 26.8 Å². The number of nitrogens with zero attached hydrogens (tertiary/aromatic N) is 1. The van der Waals surface area contributed by atoms with Crippen LogP contribution in [0.1, 0.15) is 12.0 Å². The van der Waals surface area contributed by atoms with Gasteiger partial charge in [0.25, 0.3) is 0 Å². The topological polar surface area (TPSA) is 15.3 Å². The van der Waals surface area contributed by atoms with Crippen LogP contribution in [-0.2, 0) is 6.42 Å². The molecule has 1 saturated heterocycles. The molecule has 8 heteroatoms. The van der Waals surface area contributed by atoms with Crippen LogP contribution in [0.15, 0.2) is 18.2 Å². The molecular weight excluding hydrogens is 455 g/mol. The SMILES string of the molecule is CN1CCC(Nc2cccc3c(CC(F)(F)F)c(I)sc23)[C@@H](F)C1. The van der Waals surface area contributed by atoms with Crippen molar-refractivity contribution in [1.82, 2.24) is 4.90 Å². The first-order valence-corrected chi connectivity index (χ1v) is 9.50. The fraction of sp³-hybridized carbons (Fsp3) is 0.500. The van der Waals surface area contributed by atoms with Crippen LogP contribution >= 0.6 is 33.9 Å². The lowest BCUT2D eigenvalue weighted by molar-refractivity contribution is -0.127. The van der Waals surface area contributed by atoms with Gasteiger partial charge in [0, 0.05) is 13.1 Å². The molecule has 2 nitrogen and oxygen atoms in total. The Bertz CT molecular complexity index is 731. The van der Waals surface area contributed by atoms with Gasteiger partial charge in [-0.05, 0) is 53.1 Å². The Labute approximate surface area is 155 Å². The number of rotatable bonds is 3. The normalized spacial score (nSPS) is 22.9. The molecule has 0 spiro atoms. The van der Waals surface area contributed by atoms with Crippen molar-refractivity contribution in [2.75, 3.05) is 25.5 Å². The number of hydrogen-bond acceptors (Lipinski definition) is 3. The minimum absolute atomic E-state index is 0.308. The number of nitrogens with one attached hydrogen (secondary N) is 1. The van der Waals surface area contributed by atoms with Crippen molar-refractivity contribution in [3.05, 3.63) is 26.6 Å². The number of piperidine rings is 1. The second-order valence-electron chi connectivity index (χ2n) is 6.15. The van der Waals surface area contributed by atoms with Crippen LogP contribution in [0.3, 0.4) is 0 Å². The molecule has 1 aromatic heterocycles. The van der Waals surface area contributed by atoms with Crippen LogP contribution in [0.4, 0.5) is 23.2 Å². The molecule has 1 aliphatic rings. The van der Waals surface area contributed by atoms with E-state index in [2.05, 4.69) is 5.32 Å². The number of fused-ring (bicyclic) bond motifs is 1. The van der Waals surface area contributed by atoms with Gasteiger partial charge in [0.2, 0.25) is 0 Å². The summed E-state index contributed by atoms with van der Waals surface area (Å²) < 4.78 is 54.1. The molecule has 0 saturated carbocycles. The van der Waals surface area contributed by atoms with Gasteiger partial charge in [-0.1, -0.05) is 12.1 Å². The lowest BCUT2D eigenvalue weighted by Crippen LogP contribution is -2.46. The van der Waals surface area contributed by atoms with Crippen LogP contribution in [-0.4, -0.2) is 43.4 Å². The first-order chi connectivity index (χ1) is 11.2. The van der Waals surface area contributed by atoms with Crippen LogP contribution in [0, 0.1) is 2.88 Å². The smallest absolute Gasteiger partial charge is 0.378 e. The van der Waals surface area contributed by atoms with E-state index in [4.69, 9.17) is 0 Å². The van der Waals surface area contributed by atoms with Crippen molar-refractivity contribution in [2.24, 2.45) is 0 Å². The number of anilines is 1. The van der Waals surface area contributed by atoms with Gasteiger partial charge >= 0.3 is 6.18 Å². The monoisotopic (exact) mass is 472 g/mol. The van der Waals surface area contributed by atoms with Gasteiger partial charge in [0.1, 0.15) is 6.17 Å². The Morgan fingerprint density at radius 2 is 2.12 bits per heavy atom. The van der Waals surface area contributed by atoms with E-state index < -0.39 is 18.8 Å². The maximum Gasteiger partial charge on any atom is 0.393 e. The van der Waals surface area contributed by atoms with Crippen molar-refractivity contribution in [3.8, 4) is 0 Å². The largest absolute Gasteiger partial charge is 0.393 e. The molecule has 132 valence electrons. The Hall–Kier alpha value is -0.610. The molecule has 1 aliphatic heterocycles. The predicted octanol–water partition coefficient (Wildman–Crippen LogP) is 5.06. The van der Waals surface area contributed by atoms with E-state index in [0.717, 1.165) is 16.9 Å². The average molecular weight is 472 g/mol. The third-order valence-corrected chi connectivity index (χ3v) is 6.61. The summed E-state index contributed by atoms with van der Waals surface area (Å²) in [5.74, 6) is 0. The van der Waals surface area contributed by atoms with Gasteiger partial charge in [-0.2, -0.15) is 13.2 Å². The minimum Gasteiger partial charge on any atom is -0.378 e. The molecule has 1 unspecified atom stereocenters. The zero-order chi connectivity index (χ0) is 17.5. The molecule has 2 heterocycles. The lowest BCUT2D eigenvalue weighted by atomic mass is 10.0. The second-order valence-corrected chi connectivity index (χ2v) is 8.98. The summed E-state index contributed by atoms with van der Waals surface area (Å²) in [4.78, 5) is 1.94. The standard InChI is InChI=1S/C16H17F4IN2S/c1-23-6-5-12(11(17)8-23)22-13-4-2-3-9-10(7-16(18,19)20)15(21)24-14(9)13/h2-4,11-12,22H,5-8H2,1H3/t11-,12?/m0/s1. The van der Waals surface area contributed by atoms with Gasteiger partial charge in [-0.3, -0.25) is 0 Å². The van der Waals surface area contributed by atoms with E-state index in [1.807, 2.05) is 40.6 Å². The van der Waals surface area contributed by atoms with Crippen molar-refractivity contribution in [1.29, 1.82) is 0 Å². The van der Waals surface area contributed by atoms with E-state index in [9.17, 15) is 17.6 Å². The molecule has 1 aromatic carbocycles. The van der Waals surface area contributed by atoms with E-state index in [1.54, 1.807) is 12.1 Å². The van der Waals surface area contributed by atoms with Crippen LogP contribution in [0.5, 0.6) is 0 Å². The summed E-state index contributed by atoms with van der Waals surface area (Å²) in [7, 11) is 1.88. The summed E-state index contributed by atoms with van der Waals surface area (Å²) >= 11 is 3.29. The molecule has 1 fully saturated rings. The maximum absolute atomic E-state index is 14.2. The molecule has 0 aliphatic carbocycles. The highest BCUT2D eigenvalue weighted by Crippen LogP contribution is 2.40. The second kappa shape index (κ2) is 6.95. The minimum atomic E-state index is -4.24. The van der Waals surface area contributed by atoms with Crippen molar-refractivity contribution in [3.63, 3.8) is 0 Å². The third kappa shape index (κ3) is 3.96. The van der Waals surface area contributed by atoms with E-state index in [1.165, 1.54) is 11.3 Å². The van der Waals surface area contributed by atoms with Gasteiger partial charge < -0.3 is 10.2 Å². The summed E-state index contributed by atoms with van der Waals surface area (Å²) in [5, 5.41) is 3.83. The summed E-state index contributed by atoms with van der Waals surface area (Å²) in [6.07, 6.45) is -5.50. The van der Waals surface area contributed by atoms with Crippen molar-refractivity contribution < 1.29 is 17.6 Å². The molecule has 2 aromatic rings. The van der Waals surface area contributed by atoms with Crippen LogP contribution < -0.4 is 5.32 Å². The van der Waals surface area contributed by atoms with Gasteiger partial charge in [-0.15, -0.1) is 11.3 Å². The van der Waals surface area contributed by atoms with E-state index >= 15 is 0 Å². The molecule has 3 rings (SSSR count). The lowest BCUT2D eigenvalue weighted by Gasteiger charge is -2.33. The molecule has 1 N–H and O–H groups in total. The Morgan fingerprint density at radius 1 is 1.38 bits per heavy atom. The molecule has 0 radical (unpaired) electrons. The van der Waals surface area contributed by atoms with Gasteiger partial charge in [0.15, 0.2) is 0 Å². The fourth-order valence-corrected chi connectivity index (χ4v) is 5.20. The van der Waals surface area contributed by atoms with Crippen LogP contribution in [0.2, 0.25) is 0 Å². The van der Waals surface area contributed by atoms with Crippen molar-refractivity contribution in [2.45, 2.75) is 31.2 Å². The Kier molecular flexibility index (Phi) is 5.27. The molecule has 0 amide bonds. The zero-order valence-electron chi connectivity index (χ0n) is 13.0. The first kappa shape index (κ1) is 18.2. The molecule has 24 heavy (non-hydrogen) atoms. The fourth-order valence-electron chi connectivity index (χ4n) is 3.04. The number of benzene rings is 1. The average Bonchev–Trinajstić information content (AvgIpc) is 2.78. The van der Waals surface area contributed by atoms with E-state index in [-0.39, 0.29) is 6.04 Å². The molecule has 0 bridgehead atoms. The summed E-state index contributed by atoms with van der Waals surface area (Å²) in [5.41, 5.74) is 1.04. The maximum atomic E-state index is 14.2. The number of hydrogen-bond donors (Lipinski definition) is 1. The number of halogens is 5. The number of alkyl halides is 4. The zero-order valence-corrected chi connectivity index (χ0v) is 15.9. The van der Waals surface area contributed by atoms with Gasteiger partial charge in [-0.25, -0.2) is 4.39 Å². The highest BCUT2D eigenvalue weighted by Gasteiger charge is 2.32. The first-order valence-electron chi connectivity index (χ1n) is 7.60. The molecule has 2 atom stereocenters. The molecular formula is C16H17F4IN2S. The quantitative estimate of drug-likeness (QED) is 0.496. The summed E-state index contributed by atoms with van der Waals surface area (Å²) in [6.45, 7) is 1.17. The predicted molar refractivity (Wildman–Crippen MR) is 98.7 cm³/mol. The Balaban J connectivity index is 1.91. The Morgan fingerprint density at radius 3 is 2.79 bits per heavy atom. The van der Waals surface area contributed by atoms with Crippen LogP contribution in [0.25, 0.3) is 10.1 Å².